The number of nitrogens with zero attached hydrogens (tertiary/aromatic N) is 4. The molecule has 0 aliphatic rings. The number of hydrogen-bond donors (Lipinski definition) is 1. The summed E-state index contributed by atoms with van der Waals surface area (Å²) < 4.78 is 17.8. The molecular weight excluding hydrogens is 442 g/mol. The molecule has 1 heterocycles. The van der Waals surface area contributed by atoms with Gasteiger partial charge in [0.25, 0.3) is 5.91 Å². The molecule has 1 aromatic carbocycles. The maximum atomic E-state index is 11.7. The monoisotopic (exact) mass is 477 g/mol. The average molecular weight is 478 g/mol. The maximum Gasteiger partial charge on any atom is 0.257 e. The van der Waals surface area contributed by atoms with E-state index in [-0.39, 0.29) is 12.5 Å². The zero-order valence-electron chi connectivity index (χ0n) is 19.7. The third-order valence-electron chi connectivity index (χ3n) is 4.67. The van der Waals surface area contributed by atoms with E-state index in [1.54, 1.807) is 4.68 Å². The standard InChI is InChI=1S/C23H35N5O4S/c1-19(2)8-6-4-5-7-13-24-22(29)18-31-15-14-30-16-17-32-21-11-9-20(10-12-21)28-23(33-3)25-26-27-28/h9-12,14-15,19H,4-8,13,16-18H2,1-3H3,(H,24,29)/b15-14+. The van der Waals surface area contributed by atoms with Gasteiger partial charge in [0.15, 0.2) is 6.61 Å². The Morgan fingerprint density at radius 1 is 1.09 bits per heavy atom. The zero-order chi connectivity index (χ0) is 23.7. The van der Waals surface area contributed by atoms with Crippen molar-refractivity contribution in [1.29, 1.82) is 0 Å². The lowest BCUT2D eigenvalue weighted by Crippen LogP contribution is -2.27. The first-order valence-electron chi connectivity index (χ1n) is 11.3. The number of unbranched alkanes of at least 4 members (excludes halogenated alkanes) is 3. The smallest absolute Gasteiger partial charge is 0.257 e. The van der Waals surface area contributed by atoms with Crippen molar-refractivity contribution >= 4 is 17.7 Å². The predicted molar refractivity (Wildman–Crippen MR) is 128 cm³/mol. The molecule has 0 fully saturated rings. The molecule has 0 aliphatic heterocycles. The highest BCUT2D eigenvalue weighted by Crippen LogP contribution is 2.18. The minimum absolute atomic E-state index is 0.0183. The number of aromatic nitrogens is 4. The second-order valence-corrected chi connectivity index (χ2v) is 8.59. The molecule has 10 heteroatoms. The van der Waals surface area contributed by atoms with E-state index in [1.807, 2.05) is 30.5 Å². The number of hydrogen-bond acceptors (Lipinski definition) is 8. The lowest BCUT2D eigenvalue weighted by molar-refractivity contribution is -0.124. The number of tetrazole rings is 1. The summed E-state index contributed by atoms with van der Waals surface area (Å²) in [5, 5.41) is 15.2. The summed E-state index contributed by atoms with van der Waals surface area (Å²) in [6.07, 6.45) is 10.6. The molecule has 2 aromatic rings. The average Bonchev–Trinajstić information content (AvgIpc) is 3.29. The zero-order valence-corrected chi connectivity index (χ0v) is 20.6. The topological polar surface area (TPSA) is 100 Å². The molecule has 0 atom stereocenters. The van der Waals surface area contributed by atoms with Crippen LogP contribution in [-0.2, 0) is 14.3 Å². The highest BCUT2D eigenvalue weighted by molar-refractivity contribution is 7.98. The first kappa shape index (κ1) is 26.5. The van der Waals surface area contributed by atoms with Gasteiger partial charge < -0.3 is 19.5 Å². The Balaban J connectivity index is 1.47. The van der Waals surface area contributed by atoms with Crippen LogP contribution in [0.25, 0.3) is 5.69 Å². The van der Waals surface area contributed by atoms with E-state index in [0.717, 1.165) is 35.4 Å². The van der Waals surface area contributed by atoms with Gasteiger partial charge in [0.05, 0.1) is 5.69 Å². The van der Waals surface area contributed by atoms with E-state index in [2.05, 4.69) is 34.7 Å². The minimum Gasteiger partial charge on any atom is -0.494 e. The van der Waals surface area contributed by atoms with Crippen molar-refractivity contribution < 1.29 is 19.0 Å². The fourth-order valence-corrected chi connectivity index (χ4v) is 3.37. The Labute approximate surface area is 200 Å². The molecule has 182 valence electrons. The third-order valence-corrected chi connectivity index (χ3v) is 5.29. The van der Waals surface area contributed by atoms with Gasteiger partial charge in [-0.1, -0.05) is 51.3 Å². The van der Waals surface area contributed by atoms with Crippen LogP contribution in [0.1, 0.15) is 46.0 Å². The summed E-state index contributed by atoms with van der Waals surface area (Å²) in [5.74, 6) is 1.36. The Bertz CT molecular complexity index is 827. The molecule has 9 nitrogen and oxygen atoms in total. The molecule has 0 spiro atoms. The van der Waals surface area contributed by atoms with Gasteiger partial charge in [0.2, 0.25) is 5.16 Å². The summed E-state index contributed by atoms with van der Waals surface area (Å²) >= 11 is 1.47. The molecule has 2 rings (SSSR count). The third kappa shape index (κ3) is 11.1. The van der Waals surface area contributed by atoms with E-state index in [4.69, 9.17) is 14.2 Å². The number of carbonyl (C=O) groups is 1. The second-order valence-electron chi connectivity index (χ2n) is 7.82. The Morgan fingerprint density at radius 3 is 2.61 bits per heavy atom. The van der Waals surface area contributed by atoms with Crippen molar-refractivity contribution in [3.8, 4) is 11.4 Å². The molecule has 1 amide bonds. The van der Waals surface area contributed by atoms with Crippen LogP contribution in [0.5, 0.6) is 5.75 Å². The number of ether oxygens (including phenoxy) is 3. The lowest BCUT2D eigenvalue weighted by Gasteiger charge is -2.08. The van der Waals surface area contributed by atoms with Gasteiger partial charge in [0.1, 0.15) is 31.5 Å². The summed E-state index contributed by atoms with van der Waals surface area (Å²) in [4.78, 5) is 11.7. The summed E-state index contributed by atoms with van der Waals surface area (Å²) in [6.45, 7) is 5.90. The number of rotatable bonds is 17. The van der Waals surface area contributed by atoms with Gasteiger partial charge in [-0.3, -0.25) is 4.79 Å². The first-order valence-corrected chi connectivity index (χ1v) is 12.5. The molecule has 33 heavy (non-hydrogen) atoms. The van der Waals surface area contributed by atoms with Crippen molar-refractivity contribution in [3.05, 3.63) is 36.8 Å². The van der Waals surface area contributed by atoms with Crippen LogP contribution >= 0.6 is 11.8 Å². The summed E-state index contributed by atoms with van der Waals surface area (Å²) in [6, 6.07) is 7.48. The SMILES string of the molecule is CSc1nnnn1-c1ccc(OCCO/C=C/OCC(=O)NCCCCCCC(C)C)cc1. The van der Waals surface area contributed by atoms with Crippen molar-refractivity contribution in [2.45, 2.75) is 51.1 Å². The molecule has 0 radical (unpaired) electrons. The van der Waals surface area contributed by atoms with Crippen LogP contribution in [0.4, 0.5) is 0 Å². The molecule has 0 unspecified atom stereocenters. The number of carbonyl (C=O) groups excluding carboxylic acids is 1. The number of amides is 1. The van der Waals surface area contributed by atoms with E-state index < -0.39 is 0 Å². The van der Waals surface area contributed by atoms with Gasteiger partial charge in [-0.15, -0.1) is 5.10 Å². The highest BCUT2D eigenvalue weighted by atomic mass is 32.2. The first-order chi connectivity index (χ1) is 16.1. The van der Waals surface area contributed by atoms with E-state index >= 15 is 0 Å². The fourth-order valence-electron chi connectivity index (χ4n) is 2.94. The van der Waals surface area contributed by atoms with Crippen LogP contribution in [0.2, 0.25) is 0 Å². The molecule has 1 aromatic heterocycles. The molecule has 0 saturated carbocycles. The number of thioether (sulfide) groups is 1. The fraction of sp³-hybridized carbons (Fsp3) is 0.565. The van der Waals surface area contributed by atoms with Crippen molar-refractivity contribution in [1.82, 2.24) is 25.5 Å². The van der Waals surface area contributed by atoms with Gasteiger partial charge >= 0.3 is 0 Å². The van der Waals surface area contributed by atoms with E-state index in [1.165, 1.54) is 43.5 Å². The van der Waals surface area contributed by atoms with Crippen LogP contribution in [-0.4, -0.2) is 58.7 Å². The second kappa shape index (κ2) is 16.0. The maximum absolute atomic E-state index is 11.7. The van der Waals surface area contributed by atoms with Gasteiger partial charge in [-0.25, -0.2) is 0 Å². The molecule has 0 aliphatic carbocycles. The van der Waals surface area contributed by atoms with Crippen molar-refractivity contribution in [2.24, 2.45) is 5.92 Å². The molecule has 0 saturated heterocycles. The summed E-state index contributed by atoms with van der Waals surface area (Å²) in [7, 11) is 0. The van der Waals surface area contributed by atoms with Gasteiger partial charge in [-0.05, 0) is 53.3 Å². The highest BCUT2D eigenvalue weighted by Gasteiger charge is 2.06. The lowest BCUT2D eigenvalue weighted by atomic mass is 10.0. The number of nitrogens with one attached hydrogen (secondary N) is 1. The van der Waals surface area contributed by atoms with Crippen LogP contribution in [0.3, 0.4) is 0 Å². The Kier molecular flexibility index (Phi) is 12.8. The molecule has 1 N–H and O–H groups in total. The normalized spacial score (nSPS) is 11.2. The molecular formula is C23H35N5O4S. The van der Waals surface area contributed by atoms with Crippen LogP contribution in [0, 0.1) is 5.92 Å². The van der Waals surface area contributed by atoms with Crippen LogP contribution < -0.4 is 10.1 Å². The van der Waals surface area contributed by atoms with E-state index in [0.29, 0.717) is 19.8 Å². The number of benzene rings is 1. The predicted octanol–water partition coefficient (Wildman–Crippen LogP) is 3.99. The van der Waals surface area contributed by atoms with Crippen LogP contribution in [0.15, 0.2) is 41.9 Å². The van der Waals surface area contributed by atoms with Gasteiger partial charge in [-0.2, -0.15) is 4.68 Å². The van der Waals surface area contributed by atoms with E-state index in [9.17, 15) is 4.79 Å². The minimum atomic E-state index is -0.125. The largest absolute Gasteiger partial charge is 0.494 e. The summed E-state index contributed by atoms with van der Waals surface area (Å²) in [5.41, 5.74) is 0.860. The van der Waals surface area contributed by atoms with Crippen molar-refractivity contribution in [2.75, 3.05) is 32.6 Å². The Hall–Kier alpha value is -2.75. The quantitative estimate of drug-likeness (QED) is 0.207. The van der Waals surface area contributed by atoms with Crippen molar-refractivity contribution in [3.63, 3.8) is 0 Å². The molecule has 0 bridgehead atoms. The van der Waals surface area contributed by atoms with Gasteiger partial charge in [0, 0.05) is 6.54 Å². The Morgan fingerprint density at radius 2 is 1.85 bits per heavy atom.